The number of nitrogens with one attached hydrogen (secondary N) is 2. The van der Waals surface area contributed by atoms with Gasteiger partial charge in [0.1, 0.15) is 13.2 Å². The van der Waals surface area contributed by atoms with Crippen LogP contribution in [0.5, 0.6) is 11.5 Å². The molecule has 2 aromatic rings. The molecule has 0 unspecified atom stereocenters. The number of anilines is 2. The van der Waals surface area contributed by atoms with Crippen LogP contribution >= 0.6 is 0 Å². The molecule has 0 saturated heterocycles. The Labute approximate surface area is 121 Å². The molecule has 0 atom stereocenters. The molecule has 1 aromatic carbocycles. The van der Waals surface area contributed by atoms with Crippen molar-refractivity contribution in [2.75, 3.05) is 18.5 Å². The Morgan fingerprint density at radius 2 is 1.95 bits per heavy atom. The number of rotatable bonds is 5. The van der Waals surface area contributed by atoms with Gasteiger partial charge in [-0.25, -0.2) is 0 Å². The number of fused-ring (bicyclic) bond motifs is 1. The van der Waals surface area contributed by atoms with Gasteiger partial charge >= 0.3 is 6.01 Å². The summed E-state index contributed by atoms with van der Waals surface area (Å²) in [6, 6.07) is 6.61. The van der Waals surface area contributed by atoms with Crippen molar-refractivity contribution in [1.82, 2.24) is 15.5 Å². The van der Waals surface area contributed by atoms with E-state index in [2.05, 4.69) is 20.8 Å². The summed E-state index contributed by atoms with van der Waals surface area (Å²) in [5.41, 5.74) is 0.824. The average Bonchev–Trinajstić information content (AvgIpc) is 3.25. The molecule has 2 heterocycles. The van der Waals surface area contributed by atoms with Crippen LogP contribution in [0.25, 0.3) is 0 Å². The van der Waals surface area contributed by atoms with E-state index in [1.165, 1.54) is 12.8 Å². The Morgan fingerprint density at radius 1 is 1.10 bits per heavy atom. The summed E-state index contributed by atoms with van der Waals surface area (Å²) >= 11 is 0. The maximum absolute atomic E-state index is 5.54. The van der Waals surface area contributed by atoms with Gasteiger partial charge < -0.3 is 24.5 Å². The summed E-state index contributed by atoms with van der Waals surface area (Å²) < 4.78 is 16.6. The van der Waals surface area contributed by atoms with Crippen LogP contribution in [0, 0.1) is 0 Å². The van der Waals surface area contributed by atoms with Gasteiger partial charge in [-0.1, -0.05) is 5.10 Å². The van der Waals surface area contributed by atoms with Gasteiger partial charge in [-0.05, 0) is 25.0 Å². The van der Waals surface area contributed by atoms with Crippen molar-refractivity contribution in [3.05, 3.63) is 24.1 Å². The van der Waals surface area contributed by atoms with E-state index < -0.39 is 0 Å². The number of hydrogen-bond acceptors (Lipinski definition) is 7. The van der Waals surface area contributed by atoms with Gasteiger partial charge in [0, 0.05) is 17.8 Å². The van der Waals surface area contributed by atoms with Crippen LogP contribution in [0.3, 0.4) is 0 Å². The van der Waals surface area contributed by atoms with Crippen LogP contribution in [0.4, 0.5) is 11.7 Å². The van der Waals surface area contributed by atoms with E-state index in [4.69, 9.17) is 13.9 Å². The molecule has 1 aromatic heterocycles. The molecule has 7 heteroatoms. The minimum absolute atomic E-state index is 0.374. The van der Waals surface area contributed by atoms with Crippen molar-refractivity contribution in [3.8, 4) is 11.5 Å². The Kier molecular flexibility index (Phi) is 3.11. The molecule has 1 fully saturated rings. The second-order valence-corrected chi connectivity index (χ2v) is 5.14. The molecular formula is C14H16N4O3. The van der Waals surface area contributed by atoms with Crippen molar-refractivity contribution < 1.29 is 13.9 Å². The van der Waals surface area contributed by atoms with Crippen molar-refractivity contribution in [3.63, 3.8) is 0 Å². The summed E-state index contributed by atoms with van der Waals surface area (Å²) in [4.78, 5) is 0. The first-order valence-electron chi connectivity index (χ1n) is 7.09. The normalized spacial score (nSPS) is 16.8. The van der Waals surface area contributed by atoms with Crippen LogP contribution in [-0.4, -0.2) is 29.5 Å². The number of aromatic nitrogens is 2. The second-order valence-electron chi connectivity index (χ2n) is 5.14. The maximum Gasteiger partial charge on any atom is 0.320 e. The zero-order valence-corrected chi connectivity index (χ0v) is 11.5. The molecule has 0 bridgehead atoms. The van der Waals surface area contributed by atoms with E-state index in [0.717, 1.165) is 17.2 Å². The van der Waals surface area contributed by atoms with Gasteiger partial charge in [-0.15, -0.1) is 5.10 Å². The number of benzene rings is 1. The molecule has 21 heavy (non-hydrogen) atoms. The number of hydrogen-bond donors (Lipinski definition) is 2. The second kappa shape index (κ2) is 5.25. The van der Waals surface area contributed by atoms with Crippen LogP contribution in [0.2, 0.25) is 0 Å². The highest BCUT2D eigenvalue weighted by molar-refractivity contribution is 5.59. The Balaban J connectivity index is 1.42. The SMILES string of the molecule is c1cc2c(cc1Nc1nnc(CNC3CC3)o1)OCCO2. The fraction of sp³-hybridized carbons (Fsp3) is 0.429. The summed E-state index contributed by atoms with van der Waals surface area (Å²) in [6.45, 7) is 1.76. The first kappa shape index (κ1) is 12.5. The fourth-order valence-electron chi connectivity index (χ4n) is 2.14. The molecule has 2 N–H and O–H groups in total. The van der Waals surface area contributed by atoms with Gasteiger partial charge in [0.15, 0.2) is 11.5 Å². The van der Waals surface area contributed by atoms with E-state index >= 15 is 0 Å². The van der Waals surface area contributed by atoms with Crippen molar-refractivity contribution >= 4 is 11.7 Å². The molecule has 1 saturated carbocycles. The van der Waals surface area contributed by atoms with Crippen LogP contribution < -0.4 is 20.1 Å². The molecule has 0 amide bonds. The first-order valence-corrected chi connectivity index (χ1v) is 7.09. The van der Waals surface area contributed by atoms with Gasteiger partial charge in [-0.2, -0.15) is 0 Å². The smallest absolute Gasteiger partial charge is 0.320 e. The van der Waals surface area contributed by atoms with E-state index in [0.29, 0.717) is 37.7 Å². The minimum atomic E-state index is 0.374. The van der Waals surface area contributed by atoms with E-state index in [-0.39, 0.29) is 0 Å². The fourth-order valence-corrected chi connectivity index (χ4v) is 2.14. The molecule has 1 aliphatic heterocycles. The third-order valence-electron chi connectivity index (χ3n) is 3.38. The highest BCUT2D eigenvalue weighted by atomic mass is 16.6. The topological polar surface area (TPSA) is 81.4 Å². The predicted octanol–water partition coefficient (Wildman–Crippen LogP) is 1.84. The van der Waals surface area contributed by atoms with Gasteiger partial charge in [0.2, 0.25) is 5.89 Å². The van der Waals surface area contributed by atoms with Crippen molar-refractivity contribution in [2.24, 2.45) is 0 Å². The zero-order valence-electron chi connectivity index (χ0n) is 11.5. The Hall–Kier alpha value is -2.28. The number of nitrogens with zero attached hydrogens (tertiary/aromatic N) is 2. The highest BCUT2D eigenvalue weighted by Gasteiger charge is 2.21. The van der Waals surface area contributed by atoms with Gasteiger partial charge in [-0.3, -0.25) is 0 Å². The summed E-state index contributed by atoms with van der Waals surface area (Å²) in [5, 5.41) is 14.4. The molecule has 0 spiro atoms. The molecular weight excluding hydrogens is 272 g/mol. The molecule has 4 rings (SSSR count). The summed E-state index contributed by atoms with van der Waals surface area (Å²) in [5.74, 6) is 2.06. The third-order valence-corrected chi connectivity index (χ3v) is 3.38. The van der Waals surface area contributed by atoms with E-state index in [1.807, 2.05) is 18.2 Å². The van der Waals surface area contributed by atoms with Gasteiger partial charge in [0.25, 0.3) is 0 Å². The Bertz CT molecular complexity index is 639. The molecule has 1 aliphatic carbocycles. The van der Waals surface area contributed by atoms with E-state index in [1.54, 1.807) is 0 Å². The summed E-state index contributed by atoms with van der Waals surface area (Å²) in [7, 11) is 0. The lowest BCUT2D eigenvalue weighted by molar-refractivity contribution is 0.171. The van der Waals surface area contributed by atoms with Crippen molar-refractivity contribution in [2.45, 2.75) is 25.4 Å². The number of ether oxygens (including phenoxy) is 2. The zero-order chi connectivity index (χ0) is 14.1. The van der Waals surface area contributed by atoms with E-state index in [9.17, 15) is 0 Å². The highest BCUT2D eigenvalue weighted by Crippen LogP contribution is 2.33. The predicted molar refractivity (Wildman–Crippen MR) is 74.9 cm³/mol. The van der Waals surface area contributed by atoms with Crippen LogP contribution in [0.1, 0.15) is 18.7 Å². The van der Waals surface area contributed by atoms with Crippen molar-refractivity contribution in [1.29, 1.82) is 0 Å². The quantitative estimate of drug-likeness (QED) is 0.868. The molecule has 2 aliphatic rings. The minimum Gasteiger partial charge on any atom is -0.486 e. The molecule has 0 radical (unpaired) electrons. The van der Waals surface area contributed by atoms with Crippen LogP contribution in [-0.2, 0) is 6.54 Å². The standard InChI is InChI=1S/C14H16N4O3/c1-2-9(1)15-8-13-17-18-14(21-13)16-10-3-4-11-12(7-10)20-6-5-19-11/h3-4,7,9,15H,1-2,5-6,8H2,(H,16,18). The largest absolute Gasteiger partial charge is 0.486 e. The summed E-state index contributed by atoms with van der Waals surface area (Å²) in [6.07, 6.45) is 2.47. The molecule has 7 nitrogen and oxygen atoms in total. The average molecular weight is 288 g/mol. The monoisotopic (exact) mass is 288 g/mol. The lowest BCUT2D eigenvalue weighted by Gasteiger charge is -2.18. The maximum atomic E-state index is 5.54. The van der Waals surface area contributed by atoms with Crippen LogP contribution in [0.15, 0.2) is 22.6 Å². The van der Waals surface area contributed by atoms with Gasteiger partial charge in [0.05, 0.1) is 6.54 Å². The third kappa shape index (κ3) is 2.92. The lowest BCUT2D eigenvalue weighted by Crippen LogP contribution is -2.15. The Morgan fingerprint density at radius 3 is 2.81 bits per heavy atom. The lowest BCUT2D eigenvalue weighted by atomic mass is 10.2. The molecule has 110 valence electrons. The first-order chi connectivity index (χ1) is 10.4.